The normalized spacial score (nSPS) is 16.4. The van der Waals surface area contributed by atoms with Crippen LogP contribution in [0.4, 0.5) is 0 Å². The highest BCUT2D eigenvalue weighted by Crippen LogP contribution is 2.08. The summed E-state index contributed by atoms with van der Waals surface area (Å²) in [6.45, 7) is 7.94. The number of ether oxygens (including phenoxy) is 1. The van der Waals surface area contributed by atoms with E-state index in [2.05, 4.69) is 4.72 Å². The fourth-order valence-electron chi connectivity index (χ4n) is 1.08. The molecular weight excluding hydrogens is 228 g/mol. The Morgan fingerprint density at radius 1 is 1.44 bits per heavy atom. The van der Waals surface area contributed by atoms with E-state index in [4.69, 9.17) is 10.5 Å². The molecule has 0 saturated heterocycles. The lowest BCUT2D eigenvalue weighted by Gasteiger charge is -2.27. The zero-order valence-electron chi connectivity index (χ0n) is 10.6. The third-order valence-corrected chi connectivity index (χ3v) is 3.94. The monoisotopic (exact) mass is 252 g/mol. The molecule has 0 aliphatic heterocycles. The van der Waals surface area contributed by atoms with Gasteiger partial charge in [0, 0.05) is 12.1 Å². The maximum Gasteiger partial charge on any atom is 0.214 e. The molecule has 0 rings (SSSR count). The van der Waals surface area contributed by atoms with E-state index < -0.39 is 15.6 Å². The quantitative estimate of drug-likeness (QED) is 0.657. The Bertz CT molecular complexity index is 284. The number of hydrogen-bond acceptors (Lipinski definition) is 4. The van der Waals surface area contributed by atoms with E-state index in [9.17, 15) is 8.42 Å². The Kier molecular flexibility index (Phi) is 6.47. The summed E-state index contributed by atoms with van der Waals surface area (Å²) in [5, 5.41) is 0. The molecule has 98 valence electrons. The Morgan fingerprint density at radius 3 is 2.38 bits per heavy atom. The van der Waals surface area contributed by atoms with Crippen LogP contribution in [0.5, 0.6) is 0 Å². The predicted octanol–water partition coefficient (Wildman–Crippen LogP) is 0.458. The van der Waals surface area contributed by atoms with Crippen molar-refractivity contribution in [3.63, 3.8) is 0 Å². The molecule has 0 heterocycles. The van der Waals surface area contributed by atoms with Gasteiger partial charge in [-0.25, -0.2) is 13.1 Å². The summed E-state index contributed by atoms with van der Waals surface area (Å²) in [6.07, 6.45) is 0.704. The molecule has 0 spiro atoms. The van der Waals surface area contributed by atoms with E-state index in [-0.39, 0.29) is 25.0 Å². The standard InChI is InChI=1S/C10H24N2O3S/c1-5-10(4,8-11)12-16(13,14)7-6-15-9(2)3/h9,12H,5-8,11H2,1-4H3. The minimum atomic E-state index is -3.31. The van der Waals surface area contributed by atoms with Gasteiger partial charge in [-0.15, -0.1) is 0 Å². The van der Waals surface area contributed by atoms with Crippen molar-refractivity contribution in [2.24, 2.45) is 5.73 Å². The van der Waals surface area contributed by atoms with Crippen LogP contribution in [0.15, 0.2) is 0 Å². The molecule has 6 heteroatoms. The zero-order chi connectivity index (χ0) is 12.8. The number of nitrogens with two attached hydrogens (primary N) is 1. The molecule has 0 aromatic carbocycles. The summed E-state index contributed by atoms with van der Waals surface area (Å²) in [5.41, 5.74) is 4.98. The maximum absolute atomic E-state index is 11.7. The van der Waals surface area contributed by atoms with Gasteiger partial charge in [0.25, 0.3) is 0 Å². The van der Waals surface area contributed by atoms with Crippen LogP contribution in [0.3, 0.4) is 0 Å². The fourth-order valence-corrected chi connectivity index (χ4v) is 2.47. The number of rotatable bonds is 8. The molecule has 0 radical (unpaired) electrons. The smallest absolute Gasteiger partial charge is 0.214 e. The second-order valence-corrected chi connectivity index (χ2v) is 6.30. The van der Waals surface area contributed by atoms with Gasteiger partial charge in [0.2, 0.25) is 10.0 Å². The summed E-state index contributed by atoms with van der Waals surface area (Å²) in [7, 11) is -3.31. The van der Waals surface area contributed by atoms with E-state index in [1.807, 2.05) is 20.8 Å². The first-order valence-corrected chi connectivity index (χ1v) is 7.23. The van der Waals surface area contributed by atoms with Gasteiger partial charge in [-0.3, -0.25) is 0 Å². The van der Waals surface area contributed by atoms with Gasteiger partial charge in [-0.2, -0.15) is 0 Å². The number of sulfonamides is 1. The van der Waals surface area contributed by atoms with Crippen molar-refractivity contribution in [2.75, 3.05) is 18.9 Å². The highest BCUT2D eigenvalue weighted by molar-refractivity contribution is 7.89. The lowest BCUT2D eigenvalue weighted by Crippen LogP contribution is -2.51. The summed E-state index contributed by atoms with van der Waals surface area (Å²) in [6, 6.07) is 0. The third kappa shape index (κ3) is 6.42. The number of hydrogen-bond donors (Lipinski definition) is 2. The van der Waals surface area contributed by atoms with Crippen molar-refractivity contribution < 1.29 is 13.2 Å². The molecule has 1 unspecified atom stereocenters. The first kappa shape index (κ1) is 15.8. The molecule has 0 bridgehead atoms. The summed E-state index contributed by atoms with van der Waals surface area (Å²) in [5.74, 6) is -0.0270. The largest absolute Gasteiger partial charge is 0.378 e. The molecule has 1 atom stereocenters. The molecule has 16 heavy (non-hydrogen) atoms. The fraction of sp³-hybridized carbons (Fsp3) is 1.00. The Balaban J connectivity index is 4.24. The van der Waals surface area contributed by atoms with Crippen molar-refractivity contribution in [1.29, 1.82) is 0 Å². The van der Waals surface area contributed by atoms with Crippen LogP contribution >= 0.6 is 0 Å². The van der Waals surface area contributed by atoms with Crippen LogP contribution in [-0.2, 0) is 14.8 Å². The number of nitrogens with one attached hydrogen (secondary N) is 1. The Hall–Kier alpha value is -0.170. The van der Waals surface area contributed by atoms with E-state index in [0.717, 1.165) is 0 Å². The van der Waals surface area contributed by atoms with Gasteiger partial charge < -0.3 is 10.5 Å². The lowest BCUT2D eigenvalue weighted by atomic mass is 10.0. The average Bonchev–Trinajstić information content (AvgIpc) is 2.16. The minimum Gasteiger partial charge on any atom is -0.378 e. The second kappa shape index (κ2) is 6.54. The SMILES string of the molecule is CCC(C)(CN)NS(=O)(=O)CCOC(C)C. The zero-order valence-corrected chi connectivity index (χ0v) is 11.4. The van der Waals surface area contributed by atoms with Crippen molar-refractivity contribution in [3.8, 4) is 0 Å². The minimum absolute atomic E-state index is 0.0270. The van der Waals surface area contributed by atoms with Crippen molar-refractivity contribution >= 4 is 10.0 Å². The van der Waals surface area contributed by atoms with Gasteiger partial charge >= 0.3 is 0 Å². The molecular formula is C10H24N2O3S. The molecule has 0 aliphatic carbocycles. The van der Waals surface area contributed by atoms with Crippen LogP contribution in [0.25, 0.3) is 0 Å². The Labute approximate surface area is 98.8 Å². The van der Waals surface area contributed by atoms with Gasteiger partial charge in [0.15, 0.2) is 0 Å². The second-order valence-electron chi connectivity index (χ2n) is 4.46. The Morgan fingerprint density at radius 2 is 2.00 bits per heavy atom. The molecule has 0 amide bonds. The van der Waals surface area contributed by atoms with Crippen LogP contribution in [-0.4, -0.2) is 39.0 Å². The highest BCUT2D eigenvalue weighted by atomic mass is 32.2. The molecule has 0 saturated carbocycles. The van der Waals surface area contributed by atoms with Crippen LogP contribution < -0.4 is 10.5 Å². The summed E-state index contributed by atoms with van der Waals surface area (Å²) in [4.78, 5) is 0. The van der Waals surface area contributed by atoms with E-state index >= 15 is 0 Å². The molecule has 3 N–H and O–H groups in total. The molecule has 0 aromatic rings. The van der Waals surface area contributed by atoms with Crippen LogP contribution in [0.1, 0.15) is 34.1 Å². The van der Waals surface area contributed by atoms with Crippen LogP contribution in [0, 0.1) is 0 Å². The van der Waals surface area contributed by atoms with Gasteiger partial charge in [0.1, 0.15) is 0 Å². The first-order chi connectivity index (χ1) is 7.24. The summed E-state index contributed by atoms with van der Waals surface area (Å²) < 4.78 is 31.2. The van der Waals surface area contributed by atoms with Crippen molar-refractivity contribution in [1.82, 2.24) is 4.72 Å². The molecule has 0 fully saturated rings. The van der Waals surface area contributed by atoms with Crippen LogP contribution in [0.2, 0.25) is 0 Å². The summed E-state index contributed by atoms with van der Waals surface area (Å²) >= 11 is 0. The average molecular weight is 252 g/mol. The lowest BCUT2D eigenvalue weighted by molar-refractivity contribution is 0.0910. The maximum atomic E-state index is 11.7. The van der Waals surface area contributed by atoms with Gasteiger partial charge in [-0.05, 0) is 27.2 Å². The van der Waals surface area contributed by atoms with Crippen molar-refractivity contribution in [2.45, 2.75) is 45.8 Å². The highest BCUT2D eigenvalue weighted by Gasteiger charge is 2.26. The van der Waals surface area contributed by atoms with E-state index in [1.54, 1.807) is 6.92 Å². The first-order valence-electron chi connectivity index (χ1n) is 5.58. The molecule has 0 aromatic heterocycles. The topological polar surface area (TPSA) is 81.4 Å². The van der Waals surface area contributed by atoms with Crippen molar-refractivity contribution in [3.05, 3.63) is 0 Å². The third-order valence-electron chi connectivity index (χ3n) is 2.44. The molecule has 5 nitrogen and oxygen atoms in total. The predicted molar refractivity (Wildman–Crippen MR) is 65.8 cm³/mol. The van der Waals surface area contributed by atoms with E-state index in [1.165, 1.54) is 0 Å². The van der Waals surface area contributed by atoms with Gasteiger partial charge in [-0.1, -0.05) is 6.92 Å². The molecule has 0 aliphatic rings. The van der Waals surface area contributed by atoms with Gasteiger partial charge in [0.05, 0.1) is 18.5 Å². The van der Waals surface area contributed by atoms with E-state index in [0.29, 0.717) is 6.42 Å².